The van der Waals surface area contributed by atoms with Crippen LogP contribution in [-0.2, 0) is 22.5 Å². The zero-order valence-corrected chi connectivity index (χ0v) is 15.4. The highest BCUT2D eigenvalue weighted by atomic mass is 16.5. The summed E-state index contributed by atoms with van der Waals surface area (Å²) in [4.78, 5) is 18.8. The molecule has 3 aromatic rings. The van der Waals surface area contributed by atoms with Crippen molar-refractivity contribution in [2.24, 2.45) is 0 Å². The van der Waals surface area contributed by atoms with Crippen LogP contribution in [0.1, 0.15) is 11.5 Å². The van der Waals surface area contributed by atoms with Crippen molar-refractivity contribution in [2.75, 3.05) is 20.3 Å². The number of ether oxygens (including phenoxy) is 2. The quantitative estimate of drug-likeness (QED) is 0.201. The van der Waals surface area contributed by atoms with Crippen molar-refractivity contribution in [1.82, 2.24) is 10.3 Å². The Morgan fingerprint density at radius 2 is 2.00 bits per heavy atom. The lowest BCUT2D eigenvalue weighted by Crippen LogP contribution is -2.20. The van der Waals surface area contributed by atoms with Gasteiger partial charge in [-0.2, -0.15) is 4.79 Å². The predicted molar refractivity (Wildman–Crippen MR) is 102 cm³/mol. The summed E-state index contributed by atoms with van der Waals surface area (Å²) in [5.41, 5.74) is 11.2. The van der Waals surface area contributed by atoms with Crippen LogP contribution >= 0.6 is 0 Å². The number of nitrogens with one attached hydrogen (secondary N) is 1. The standard InChI is InChI=1S/C20H20N4O4/c1-26-20(25)17(24-21)12-14-6-8-15(9-7-14)27-11-10-22-13-19-23-16-4-2-3-5-18(16)28-19/h2-9,22H,10-13H2,1H3. The number of rotatable bonds is 9. The monoisotopic (exact) mass is 380 g/mol. The normalized spacial score (nSPS) is 10.5. The second kappa shape index (κ2) is 9.45. The number of methoxy groups -OCH3 is 1. The first-order chi connectivity index (χ1) is 13.7. The molecular weight excluding hydrogens is 360 g/mol. The summed E-state index contributed by atoms with van der Waals surface area (Å²) in [6.07, 6.45) is 0.176. The molecule has 8 heteroatoms. The molecule has 144 valence electrons. The molecule has 0 atom stereocenters. The van der Waals surface area contributed by atoms with E-state index in [0.29, 0.717) is 31.3 Å². The Morgan fingerprint density at radius 1 is 1.21 bits per heavy atom. The fraction of sp³-hybridized carbons (Fsp3) is 0.250. The third-order valence-corrected chi connectivity index (χ3v) is 4.00. The molecule has 0 amide bonds. The van der Waals surface area contributed by atoms with Gasteiger partial charge >= 0.3 is 11.7 Å². The lowest BCUT2D eigenvalue weighted by molar-refractivity contribution is -0.137. The van der Waals surface area contributed by atoms with E-state index in [9.17, 15) is 4.79 Å². The number of para-hydroxylation sites is 2. The summed E-state index contributed by atoms with van der Waals surface area (Å²) >= 11 is 0. The number of esters is 1. The minimum Gasteiger partial charge on any atom is -0.492 e. The topological polar surface area (TPSA) is 110 Å². The Labute approximate surface area is 161 Å². The smallest absolute Gasteiger partial charge is 0.416 e. The molecule has 1 aromatic heterocycles. The van der Waals surface area contributed by atoms with E-state index in [-0.39, 0.29) is 12.1 Å². The average Bonchev–Trinajstić information content (AvgIpc) is 3.15. The maximum absolute atomic E-state index is 11.4. The summed E-state index contributed by atoms with van der Waals surface area (Å²) < 4.78 is 15.9. The maximum Gasteiger partial charge on any atom is 0.416 e. The zero-order chi connectivity index (χ0) is 19.8. The van der Waals surface area contributed by atoms with Crippen molar-refractivity contribution in [3.8, 4) is 5.75 Å². The van der Waals surface area contributed by atoms with E-state index in [0.717, 1.165) is 16.7 Å². The first-order valence-corrected chi connectivity index (χ1v) is 8.75. The van der Waals surface area contributed by atoms with E-state index in [2.05, 4.69) is 19.8 Å². The Hall–Kier alpha value is -3.48. The molecule has 2 aromatic carbocycles. The number of oxazole rings is 1. The van der Waals surface area contributed by atoms with Crippen LogP contribution in [0.3, 0.4) is 0 Å². The molecule has 0 spiro atoms. The number of hydrogen-bond acceptors (Lipinski definition) is 6. The van der Waals surface area contributed by atoms with Gasteiger partial charge in [0.1, 0.15) is 17.9 Å². The number of benzene rings is 2. The number of aromatic nitrogens is 1. The SMILES string of the molecule is COC(=O)C(Cc1ccc(OCCNCc2nc3ccccc3o2)cc1)=[N+]=[N-]. The molecule has 0 saturated carbocycles. The van der Waals surface area contributed by atoms with Crippen LogP contribution in [0.2, 0.25) is 0 Å². The van der Waals surface area contributed by atoms with Crippen LogP contribution in [0.25, 0.3) is 16.6 Å². The van der Waals surface area contributed by atoms with E-state index >= 15 is 0 Å². The number of fused-ring (bicyclic) bond motifs is 1. The molecule has 8 nitrogen and oxygen atoms in total. The van der Waals surface area contributed by atoms with Crippen molar-refractivity contribution in [1.29, 1.82) is 0 Å². The minimum atomic E-state index is -0.659. The number of carbonyl (C=O) groups is 1. The van der Waals surface area contributed by atoms with Crippen LogP contribution in [0.5, 0.6) is 5.75 Å². The van der Waals surface area contributed by atoms with Gasteiger partial charge in [-0.3, -0.25) is 0 Å². The highest BCUT2D eigenvalue weighted by Crippen LogP contribution is 2.15. The summed E-state index contributed by atoms with van der Waals surface area (Å²) in [6, 6.07) is 14.8. The van der Waals surface area contributed by atoms with E-state index in [4.69, 9.17) is 14.7 Å². The fourth-order valence-electron chi connectivity index (χ4n) is 2.59. The molecule has 28 heavy (non-hydrogen) atoms. The summed E-state index contributed by atoms with van der Waals surface area (Å²) in [5.74, 6) is 0.679. The third kappa shape index (κ3) is 5.03. The molecule has 1 heterocycles. The summed E-state index contributed by atoms with van der Waals surface area (Å²) in [7, 11) is 1.24. The largest absolute Gasteiger partial charge is 0.492 e. The lowest BCUT2D eigenvalue weighted by Gasteiger charge is -2.07. The van der Waals surface area contributed by atoms with Crippen LogP contribution in [-0.4, -0.2) is 41.7 Å². The first-order valence-electron chi connectivity index (χ1n) is 8.75. The van der Waals surface area contributed by atoms with Gasteiger partial charge in [-0.05, 0) is 29.8 Å². The van der Waals surface area contributed by atoms with Gasteiger partial charge in [0.05, 0.1) is 20.1 Å². The van der Waals surface area contributed by atoms with E-state index in [1.165, 1.54) is 7.11 Å². The summed E-state index contributed by atoms with van der Waals surface area (Å²) in [6.45, 7) is 1.63. The number of nitrogens with zero attached hydrogens (tertiary/aromatic N) is 3. The van der Waals surface area contributed by atoms with Gasteiger partial charge < -0.3 is 24.7 Å². The Balaban J connectivity index is 1.41. The fourth-order valence-corrected chi connectivity index (χ4v) is 2.59. The van der Waals surface area contributed by atoms with Crippen molar-refractivity contribution in [3.63, 3.8) is 0 Å². The van der Waals surface area contributed by atoms with Crippen LogP contribution in [0, 0.1) is 0 Å². The van der Waals surface area contributed by atoms with Crippen LogP contribution in [0.4, 0.5) is 0 Å². The van der Waals surface area contributed by atoms with Crippen molar-refractivity contribution in [2.45, 2.75) is 13.0 Å². The summed E-state index contributed by atoms with van der Waals surface area (Å²) in [5, 5.41) is 3.22. The predicted octanol–water partition coefficient (Wildman–Crippen LogP) is 2.38. The molecule has 0 aliphatic rings. The molecule has 0 aliphatic carbocycles. The third-order valence-electron chi connectivity index (χ3n) is 4.00. The maximum atomic E-state index is 11.4. The molecule has 1 N–H and O–H groups in total. The van der Waals surface area contributed by atoms with Crippen molar-refractivity contribution >= 4 is 22.8 Å². The minimum absolute atomic E-state index is 0.0560. The van der Waals surface area contributed by atoms with E-state index < -0.39 is 5.97 Å². The van der Waals surface area contributed by atoms with Crippen molar-refractivity contribution < 1.29 is 23.5 Å². The molecular formula is C20H20N4O4. The molecule has 0 bridgehead atoms. The molecule has 0 radical (unpaired) electrons. The molecule has 0 aliphatic heterocycles. The highest BCUT2D eigenvalue weighted by molar-refractivity contribution is 6.34. The van der Waals surface area contributed by atoms with Gasteiger partial charge in [0, 0.05) is 6.54 Å². The van der Waals surface area contributed by atoms with Gasteiger partial charge in [0.15, 0.2) is 5.58 Å². The van der Waals surface area contributed by atoms with Crippen molar-refractivity contribution in [3.05, 3.63) is 65.5 Å². The van der Waals surface area contributed by atoms with Crippen LogP contribution < -0.4 is 10.1 Å². The molecule has 3 rings (SSSR count). The number of carbonyl (C=O) groups excluding carboxylic acids is 1. The first kappa shape index (κ1) is 19.3. The van der Waals surface area contributed by atoms with Crippen LogP contribution in [0.15, 0.2) is 52.9 Å². The van der Waals surface area contributed by atoms with E-state index in [1.807, 2.05) is 24.3 Å². The highest BCUT2D eigenvalue weighted by Gasteiger charge is 2.21. The molecule has 0 unspecified atom stereocenters. The Bertz CT molecular complexity index is 958. The molecule has 0 saturated heterocycles. The van der Waals surface area contributed by atoms with Gasteiger partial charge in [0.25, 0.3) is 0 Å². The van der Waals surface area contributed by atoms with E-state index in [1.54, 1.807) is 24.3 Å². The van der Waals surface area contributed by atoms with Gasteiger partial charge in [-0.15, -0.1) is 0 Å². The Morgan fingerprint density at radius 3 is 2.71 bits per heavy atom. The lowest BCUT2D eigenvalue weighted by atomic mass is 10.1. The zero-order valence-electron chi connectivity index (χ0n) is 15.4. The van der Waals surface area contributed by atoms with Gasteiger partial charge in [-0.1, -0.05) is 24.3 Å². The second-order valence-corrected chi connectivity index (χ2v) is 5.96. The second-order valence-electron chi connectivity index (χ2n) is 5.96. The molecule has 0 fully saturated rings. The van der Waals surface area contributed by atoms with Gasteiger partial charge in [-0.25, -0.2) is 9.78 Å². The average molecular weight is 380 g/mol. The van der Waals surface area contributed by atoms with Gasteiger partial charge in [0.2, 0.25) is 5.89 Å². The number of hydrogen-bond donors (Lipinski definition) is 1. The Kier molecular flexibility index (Phi) is 6.51.